The number of carbonyl (C=O) groups is 1. The summed E-state index contributed by atoms with van der Waals surface area (Å²) in [5.41, 5.74) is 2.61. The summed E-state index contributed by atoms with van der Waals surface area (Å²) in [6, 6.07) is 4.99. The second kappa shape index (κ2) is 10.4. The third-order valence-corrected chi connectivity index (χ3v) is 6.42. The molecule has 0 radical (unpaired) electrons. The summed E-state index contributed by atoms with van der Waals surface area (Å²) in [6.45, 7) is 6.55. The summed E-state index contributed by atoms with van der Waals surface area (Å²) in [6.07, 6.45) is 3.08. The average molecular weight is 474 g/mol. The molecule has 0 N–H and O–H groups in total. The molecule has 0 unspecified atom stereocenters. The molecule has 1 saturated heterocycles. The summed E-state index contributed by atoms with van der Waals surface area (Å²) in [5, 5.41) is 2.07. The molecule has 0 aliphatic carbocycles. The van der Waals surface area contributed by atoms with Crippen molar-refractivity contribution in [1.82, 2.24) is 14.9 Å². The summed E-state index contributed by atoms with van der Waals surface area (Å²) in [7, 11) is 0. The molecule has 1 amide bonds. The van der Waals surface area contributed by atoms with E-state index < -0.39 is 5.82 Å². The maximum absolute atomic E-state index is 14.7. The highest BCUT2D eigenvalue weighted by atomic mass is 32.2. The van der Waals surface area contributed by atoms with Crippen LogP contribution in [-0.2, 0) is 4.74 Å². The molecular weight excluding hydrogens is 445 g/mol. The van der Waals surface area contributed by atoms with Crippen LogP contribution in [0.15, 0.2) is 29.9 Å². The lowest BCUT2D eigenvalue weighted by Crippen LogP contribution is -2.42. The number of likely N-dealkylation sites (tertiary alicyclic amines) is 1. The predicted molar refractivity (Wildman–Crippen MR) is 125 cm³/mol. The van der Waals surface area contributed by atoms with E-state index in [9.17, 15) is 9.18 Å². The predicted octanol–water partition coefficient (Wildman–Crippen LogP) is 5.58. The third-order valence-electron chi connectivity index (χ3n) is 5.53. The van der Waals surface area contributed by atoms with Gasteiger partial charge in [0.05, 0.1) is 11.7 Å². The Kier molecular flexibility index (Phi) is 7.37. The largest absolute Gasteiger partial charge is 0.474 e. The number of allylic oxidation sites excluding steroid dienone is 1. The number of halogens is 1. The number of nitrogens with zero attached hydrogens (tertiary/aromatic N) is 3. The highest BCUT2D eigenvalue weighted by Gasteiger charge is 2.26. The molecule has 176 valence electrons. The number of aromatic nitrogens is 2. The number of ether oxygens (including phenoxy) is 3. The van der Waals surface area contributed by atoms with E-state index in [1.807, 2.05) is 19.9 Å². The number of benzene rings is 1. The van der Waals surface area contributed by atoms with Crippen molar-refractivity contribution in [2.24, 2.45) is 0 Å². The Labute approximate surface area is 197 Å². The minimum Gasteiger partial charge on any atom is -0.474 e. The molecule has 2 aliphatic heterocycles. The van der Waals surface area contributed by atoms with Gasteiger partial charge >= 0.3 is 6.09 Å². The number of piperidine rings is 1. The van der Waals surface area contributed by atoms with E-state index in [4.69, 9.17) is 14.2 Å². The zero-order chi connectivity index (χ0) is 23.4. The first kappa shape index (κ1) is 23.4. The van der Waals surface area contributed by atoms with Gasteiger partial charge in [0.15, 0.2) is 11.6 Å². The lowest BCUT2D eigenvalue weighted by atomic mass is 10.1. The van der Waals surface area contributed by atoms with Crippen molar-refractivity contribution < 1.29 is 23.4 Å². The molecule has 0 spiro atoms. The first-order valence-electron chi connectivity index (χ1n) is 11.1. The minimum absolute atomic E-state index is 0.0943. The molecule has 9 heteroatoms. The van der Waals surface area contributed by atoms with Crippen molar-refractivity contribution in [3.8, 4) is 17.5 Å². The second-order valence-electron chi connectivity index (χ2n) is 8.36. The van der Waals surface area contributed by atoms with Crippen molar-refractivity contribution >= 4 is 23.4 Å². The van der Waals surface area contributed by atoms with Crippen molar-refractivity contribution in [3.05, 3.63) is 46.9 Å². The van der Waals surface area contributed by atoms with Crippen molar-refractivity contribution in [2.75, 3.05) is 18.8 Å². The maximum Gasteiger partial charge on any atom is 0.410 e. The monoisotopic (exact) mass is 473 g/mol. The standard InChI is InChI=1S/C24H28FN3O4S/c1-15(2)30-24(29)28-9-6-19(7-10-28)31-22-16(3)23(27-14-26-22)32-21-5-4-17(12-20(21)25)18-8-11-33-13-18/h4-5,12-15,19H,6-11H2,1-3H3. The Morgan fingerprint density at radius 1 is 1.21 bits per heavy atom. The highest BCUT2D eigenvalue weighted by molar-refractivity contribution is 8.02. The Morgan fingerprint density at radius 2 is 1.97 bits per heavy atom. The molecule has 0 bridgehead atoms. The molecule has 0 saturated carbocycles. The minimum atomic E-state index is -0.438. The van der Waals surface area contributed by atoms with Crippen LogP contribution in [0.1, 0.15) is 44.2 Å². The number of thioether (sulfide) groups is 1. The van der Waals surface area contributed by atoms with Crippen molar-refractivity contribution in [1.29, 1.82) is 0 Å². The van der Waals surface area contributed by atoms with Crippen LogP contribution in [-0.4, -0.2) is 52.0 Å². The normalized spacial score (nSPS) is 16.6. The van der Waals surface area contributed by atoms with Crippen LogP contribution in [0.4, 0.5) is 9.18 Å². The first-order valence-corrected chi connectivity index (χ1v) is 12.2. The quantitative estimate of drug-likeness (QED) is 0.542. The van der Waals surface area contributed by atoms with Crippen LogP contribution in [0.5, 0.6) is 17.5 Å². The molecule has 3 heterocycles. The van der Waals surface area contributed by atoms with Crippen LogP contribution in [0.2, 0.25) is 0 Å². The van der Waals surface area contributed by atoms with Gasteiger partial charge in [0, 0.05) is 31.7 Å². The van der Waals surface area contributed by atoms with Crippen LogP contribution in [0, 0.1) is 12.7 Å². The van der Waals surface area contributed by atoms with Gasteiger partial charge in [-0.2, -0.15) is 0 Å². The molecule has 4 rings (SSSR count). The fourth-order valence-electron chi connectivity index (χ4n) is 3.72. The maximum atomic E-state index is 14.7. The summed E-state index contributed by atoms with van der Waals surface area (Å²) in [5.74, 6) is 1.34. The van der Waals surface area contributed by atoms with Crippen LogP contribution < -0.4 is 9.47 Å². The van der Waals surface area contributed by atoms with Gasteiger partial charge in [0.1, 0.15) is 12.4 Å². The number of hydrogen-bond donors (Lipinski definition) is 0. The van der Waals surface area contributed by atoms with E-state index in [-0.39, 0.29) is 29.9 Å². The van der Waals surface area contributed by atoms with E-state index in [0.717, 1.165) is 23.3 Å². The van der Waals surface area contributed by atoms with Gasteiger partial charge in [-0.1, -0.05) is 6.07 Å². The van der Waals surface area contributed by atoms with Gasteiger partial charge in [-0.15, -0.1) is 11.8 Å². The van der Waals surface area contributed by atoms with Crippen LogP contribution in [0.3, 0.4) is 0 Å². The van der Waals surface area contributed by atoms with E-state index >= 15 is 0 Å². The van der Waals surface area contributed by atoms with E-state index in [2.05, 4.69) is 15.4 Å². The molecule has 1 aromatic heterocycles. The lowest BCUT2D eigenvalue weighted by molar-refractivity contribution is 0.0505. The van der Waals surface area contributed by atoms with E-state index in [1.165, 1.54) is 12.4 Å². The van der Waals surface area contributed by atoms with Crippen molar-refractivity contribution in [3.63, 3.8) is 0 Å². The Bertz CT molecular complexity index is 1040. The molecule has 7 nitrogen and oxygen atoms in total. The molecule has 33 heavy (non-hydrogen) atoms. The second-order valence-corrected chi connectivity index (χ2v) is 9.33. The summed E-state index contributed by atoms with van der Waals surface area (Å²) < 4.78 is 31.8. The van der Waals surface area contributed by atoms with Gasteiger partial charge in [0.2, 0.25) is 11.8 Å². The highest BCUT2D eigenvalue weighted by Crippen LogP contribution is 2.34. The average Bonchev–Trinajstić information content (AvgIpc) is 3.33. The number of amides is 1. The van der Waals surface area contributed by atoms with Gasteiger partial charge in [-0.05, 0) is 55.9 Å². The Hall–Kier alpha value is -2.81. The fourth-order valence-corrected chi connectivity index (χ4v) is 4.63. The van der Waals surface area contributed by atoms with Gasteiger partial charge < -0.3 is 19.1 Å². The molecule has 2 aromatic rings. The third kappa shape index (κ3) is 5.76. The topological polar surface area (TPSA) is 73.8 Å². The molecular formula is C24H28FN3O4S. The smallest absolute Gasteiger partial charge is 0.410 e. The van der Waals surface area contributed by atoms with Gasteiger partial charge in [-0.3, -0.25) is 0 Å². The summed E-state index contributed by atoms with van der Waals surface area (Å²) in [4.78, 5) is 22.2. The number of hydrogen-bond acceptors (Lipinski definition) is 7. The van der Waals surface area contributed by atoms with Gasteiger partial charge in [-0.25, -0.2) is 19.2 Å². The van der Waals surface area contributed by atoms with E-state index in [0.29, 0.717) is 37.4 Å². The zero-order valence-corrected chi connectivity index (χ0v) is 19.9. The SMILES string of the molecule is Cc1c(Oc2ccc(C3=CSCC3)cc2F)ncnc1OC1CCN(C(=O)OC(C)C)CC1. The lowest BCUT2D eigenvalue weighted by Gasteiger charge is -2.31. The first-order chi connectivity index (χ1) is 15.9. The molecule has 1 aromatic carbocycles. The Balaban J connectivity index is 1.39. The molecule has 2 aliphatic rings. The van der Waals surface area contributed by atoms with E-state index in [1.54, 1.807) is 29.7 Å². The molecule has 1 fully saturated rings. The number of rotatable bonds is 6. The summed E-state index contributed by atoms with van der Waals surface area (Å²) >= 11 is 1.74. The van der Waals surface area contributed by atoms with Crippen molar-refractivity contribution in [2.45, 2.75) is 52.2 Å². The fraction of sp³-hybridized carbons (Fsp3) is 0.458. The zero-order valence-electron chi connectivity index (χ0n) is 19.0. The molecule has 0 atom stereocenters. The van der Waals surface area contributed by atoms with Gasteiger partial charge in [0.25, 0.3) is 0 Å². The Morgan fingerprint density at radius 3 is 2.64 bits per heavy atom. The van der Waals surface area contributed by atoms with Crippen LogP contribution in [0.25, 0.3) is 5.57 Å². The number of carbonyl (C=O) groups excluding carboxylic acids is 1. The van der Waals surface area contributed by atoms with Crippen LogP contribution >= 0.6 is 11.8 Å².